The summed E-state index contributed by atoms with van der Waals surface area (Å²) >= 11 is 3.35. The van der Waals surface area contributed by atoms with Gasteiger partial charge in [0.15, 0.2) is 0 Å². The zero-order valence-electron chi connectivity index (χ0n) is 14.0. The zero-order valence-corrected chi connectivity index (χ0v) is 15.6. The van der Waals surface area contributed by atoms with E-state index in [0.29, 0.717) is 0 Å². The summed E-state index contributed by atoms with van der Waals surface area (Å²) in [5.74, 6) is -0.0229. The van der Waals surface area contributed by atoms with Gasteiger partial charge in [-0.25, -0.2) is 0 Å². The Kier molecular flexibility index (Phi) is 12.5. The highest BCUT2D eigenvalue weighted by molar-refractivity contribution is 9.09. The van der Waals surface area contributed by atoms with Gasteiger partial charge in [-0.1, -0.05) is 48.7 Å². The number of carbonyl (C=O) groups excluding carboxylic acids is 1. The van der Waals surface area contributed by atoms with Gasteiger partial charge in [0, 0.05) is 30.3 Å². The van der Waals surface area contributed by atoms with Crippen molar-refractivity contribution in [1.29, 1.82) is 0 Å². The highest BCUT2D eigenvalue weighted by Gasteiger charge is 2.09. The standard InChI is InChI=1S/C17H31BrN2O/c1-5-7-11-16(15(3)20(4)14-8-6-2)19-17(21)12-9-10-13-18/h9,12H,5-8,10-11,13-14H2,1-4H3,(H,19,21). The average molecular weight is 359 g/mol. The normalized spacial score (nSPS) is 12.4. The number of unbranched alkanes of at least 4 members (excludes halogenated alkanes) is 2. The molecule has 0 atom stereocenters. The Morgan fingerprint density at radius 3 is 2.48 bits per heavy atom. The van der Waals surface area contributed by atoms with Crippen LogP contribution in [0.1, 0.15) is 59.3 Å². The van der Waals surface area contributed by atoms with Gasteiger partial charge >= 0.3 is 0 Å². The molecule has 0 saturated carbocycles. The fourth-order valence-corrected chi connectivity index (χ4v) is 2.19. The maximum absolute atomic E-state index is 12.0. The fourth-order valence-electron chi connectivity index (χ4n) is 1.92. The lowest BCUT2D eigenvalue weighted by Crippen LogP contribution is -2.27. The summed E-state index contributed by atoms with van der Waals surface area (Å²) in [4.78, 5) is 14.2. The maximum atomic E-state index is 12.0. The molecule has 0 aliphatic rings. The molecule has 3 nitrogen and oxygen atoms in total. The Labute approximate surface area is 139 Å². The van der Waals surface area contributed by atoms with Crippen LogP contribution in [-0.4, -0.2) is 29.7 Å². The predicted octanol–water partition coefficient (Wildman–Crippen LogP) is 4.60. The molecule has 4 heteroatoms. The number of halogens is 1. The lowest BCUT2D eigenvalue weighted by atomic mass is 10.1. The molecule has 0 bridgehead atoms. The van der Waals surface area contributed by atoms with Crippen LogP contribution < -0.4 is 5.32 Å². The molecule has 0 spiro atoms. The van der Waals surface area contributed by atoms with E-state index in [4.69, 9.17) is 0 Å². The van der Waals surface area contributed by atoms with Crippen molar-refractivity contribution in [2.45, 2.75) is 59.3 Å². The van der Waals surface area contributed by atoms with E-state index in [1.54, 1.807) is 6.08 Å². The van der Waals surface area contributed by atoms with Crippen molar-refractivity contribution < 1.29 is 4.79 Å². The van der Waals surface area contributed by atoms with E-state index in [2.05, 4.69) is 54.0 Å². The Bertz CT molecular complexity index is 351. The summed E-state index contributed by atoms with van der Waals surface area (Å²) in [5.41, 5.74) is 2.24. The first kappa shape index (κ1) is 20.2. The zero-order chi connectivity index (χ0) is 16.1. The van der Waals surface area contributed by atoms with E-state index >= 15 is 0 Å². The minimum atomic E-state index is -0.0229. The molecule has 0 heterocycles. The van der Waals surface area contributed by atoms with Crippen molar-refractivity contribution in [3.05, 3.63) is 23.5 Å². The average Bonchev–Trinajstić information content (AvgIpc) is 2.48. The SMILES string of the molecule is CCCCC(NC(=O)C=CCCBr)=C(C)N(C)CCCC. The summed E-state index contributed by atoms with van der Waals surface area (Å²) < 4.78 is 0. The van der Waals surface area contributed by atoms with Gasteiger partial charge in [-0.2, -0.15) is 0 Å². The van der Waals surface area contributed by atoms with Crippen LogP contribution >= 0.6 is 15.9 Å². The number of nitrogens with zero attached hydrogens (tertiary/aromatic N) is 1. The third-order valence-electron chi connectivity index (χ3n) is 3.46. The number of alkyl halides is 1. The monoisotopic (exact) mass is 358 g/mol. The quantitative estimate of drug-likeness (QED) is 0.432. The van der Waals surface area contributed by atoms with E-state index in [0.717, 1.165) is 43.3 Å². The van der Waals surface area contributed by atoms with Crippen LogP contribution in [0.5, 0.6) is 0 Å². The lowest BCUT2D eigenvalue weighted by Gasteiger charge is -2.23. The Morgan fingerprint density at radius 2 is 1.90 bits per heavy atom. The van der Waals surface area contributed by atoms with Gasteiger partial charge in [0.25, 0.3) is 0 Å². The third-order valence-corrected chi connectivity index (χ3v) is 3.91. The number of carbonyl (C=O) groups is 1. The second-order valence-electron chi connectivity index (χ2n) is 5.31. The Balaban J connectivity index is 4.78. The molecule has 0 saturated heterocycles. The first-order valence-electron chi connectivity index (χ1n) is 8.01. The van der Waals surface area contributed by atoms with E-state index in [1.165, 1.54) is 18.5 Å². The summed E-state index contributed by atoms with van der Waals surface area (Å²) in [6.45, 7) is 7.50. The van der Waals surface area contributed by atoms with Crippen molar-refractivity contribution in [2.75, 3.05) is 18.9 Å². The molecule has 0 unspecified atom stereocenters. The Hall–Kier alpha value is -0.770. The molecule has 0 aliphatic carbocycles. The third kappa shape index (κ3) is 9.72. The minimum absolute atomic E-state index is 0.0229. The van der Waals surface area contributed by atoms with E-state index in [9.17, 15) is 4.79 Å². The molecule has 0 aromatic carbocycles. The molecule has 1 N–H and O–H groups in total. The van der Waals surface area contributed by atoms with Crippen molar-refractivity contribution >= 4 is 21.8 Å². The molecule has 0 rings (SSSR count). The summed E-state index contributed by atoms with van der Waals surface area (Å²) in [5, 5.41) is 3.95. The number of allylic oxidation sites excluding steroid dienone is 3. The second-order valence-corrected chi connectivity index (χ2v) is 6.10. The summed E-state index contributed by atoms with van der Waals surface area (Å²) in [6.07, 6.45) is 9.92. The molecule has 122 valence electrons. The predicted molar refractivity (Wildman–Crippen MR) is 95.5 cm³/mol. The van der Waals surface area contributed by atoms with E-state index in [1.807, 2.05) is 6.08 Å². The van der Waals surface area contributed by atoms with E-state index < -0.39 is 0 Å². The van der Waals surface area contributed by atoms with Gasteiger partial charge < -0.3 is 10.2 Å². The molecule has 0 aliphatic heterocycles. The molecular weight excluding hydrogens is 328 g/mol. The first-order chi connectivity index (χ1) is 10.1. The molecule has 21 heavy (non-hydrogen) atoms. The maximum Gasteiger partial charge on any atom is 0.247 e. The van der Waals surface area contributed by atoms with Crippen molar-refractivity contribution in [2.24, 2.45) is 0 Å². The molecule has 0 aromatic heterocycles. The van der Waals surface area contributed by atoms with Crippen LogP contribution in [0, 0.1) is 0 Å². The number of hydrogen-bond acceptors (Lipinski definition) is 2. The topological polar surface area (TPSA) is 32.3 Å². The highest BCUT2D eigenvalue weighted by atomic mass is 79.9. The van der Waals surface area contributed by atoms with Gasteiger partial charge in [0.1, 0.15) is 0 Å². The molecule has 1 amide bonds. The van der Waals surface area contributed by atoms with Crippen LogP contribution in [0.15, 0.2) is 23.5 Å². The Morgan fingerprint density at radius 1 is 1.24 bits per heavy atom. The second kappa shape index (κ2) is 12.9. The molecule has 0 fully saturated rings. The highest BCUT2D eigenvalue weighted by Crippen LogP contribution is 2.13. The van der Waals surface area contributed by atoms with Crippen LogP contribution in [0.4, 0.5) is 0 Å². The molecular formula is C17H31BrN2O. The fraction of sp³-hybridized carbons (Fsp3) is 0.706. The van der Waals surface area contributed by atoms with Crippen LogP contribution in [0.3, 0.4) is 0 Å². The van der Waals surface area contributed by atoms with Gasteiger partial charge in [0.2, 0.25) is 5.91 Å². The largest absolute Gasteiger partial charge is 0.377 e. The van der Waals surface area contributed by atoms with E-state index in [-0.39, 0.29) is 5.91 Å². The smallest absolute Gasteiger partial charge is 0.247 e. The molecule has 0 radical (unpaired) electrons. The van der Waals surface area contributed by atoms with Crippen LogP contribution in [0.2, 0.25) is 0 Å². The van der Waals surface area contributed by atoms with Crippen molar-refractivity contribution in [3.8, 4) is 0 Å². The number of nitrogens with one attached hydrogen (secondary N) is 1. The van der Waals surface area contributed by atoms with Gasteiger partial charge in [0.05, 0.1) is 0 Å². The summed E-state index contributed by atoms with van der Waals surface area (Å²) in [7, 11) is 2.10. The van der Waals surface area contributed by atoms with Gasteiger partial charge in [-0.3, -0.25) is 4.79 Å². The van der Waals surface area contributed by atoms with Crippen molar-refractivity contribution in [3.63, 3.8) is 0 Å². The van der Waals surface area contributed by atoms with Gasteiger partial charge in [-0.15, -0.1) is 0 Å². The number of rotatable bonds is 11. The van der Waals surface area contributed by atoms with Crippen LogP contribution in [0.25, 0.3) is 0 Å². The van der Waals surface area contributed by atoms with Crippen LogP contribution in [-0.2, 0) is 4.79 Å². The summed E-state index contributed by atoms with van der Waals surface area (Å²) in [6, 6.07) is 0. The lowest BCUT2D eigenvalue weighted by molar-refractivity contribution is -0.115. The van der Waals surface area contributed by atoms with Gasteiger partial charge in [-0.05, 0) is 38.7 Å². The van der Waals surface area contributed by atoms with Crippen molar-refractivity contribution in [1.82, 2.24) is 10.2 Å². The molecule has 0 aromatic rings. The minimum Gasteiger partial charge on any atom is -0.377 e. The first-order valence-corrected chi connectivity index (χ1v) is 9.13. The number of hydrogen-bond donors (Lipinski definition) is 1. The number of amides is 1.